The molecule has 0 radical (unpaired) electrons. The molecular formula is C17H30N2O. The summed E-state index contributed by atoms with van der Waals surface area (Å²) in [6.07, 6.45) is 13.1. The van der Waals surface area contributed by atoms with Gasteiger partial charge >= 0.3 is 0 Å². The number of rotatable bonds is 2. The molecular weight excluding hydrogens is 248 g/mol. The van der Waals surface area contributed by atoms with E-state index in [9.17, 15) is 0 Å². The minimum atomic E-state index is 0.436. The normalized spacial score (nSPS) is 39.0. The largest absolute Gasteiger partial charge is 0.376 e. The van der Waals surface area contributed by atoms with Crippen LogP contribution in [-0.4, -0.2) is 48.8 Å². The Morgan fingerprint density at radius 3 is 2.65 bits per heavy atom. The van der Waals surface area contributed by atoms with Crippen molar-refractivity contribution in [3.8, 4) is 0 Å². The maximum atomic E-state index is 6.10. The molecule has 4 fully saturated rings. The second kappa shape index (κ2) is 5.58. The zero-order valence-electron chi connectivity index (χ0n) is 12.8. The van der Waals surface area contributed by atoms with Gasteiger partial charge in [0, 0.05) is 24.7 Å². The van der Waals surface area contributed by atoms with Gasteiger partial charge in [0.25, 0.3) is 0 Å². The molecule has 2 unspecified atom stereocenters. The van der Waals surface area contributed by atoms with E-state index in [-0.39, 0.29) is 0 Å². The van der Waals surface area contributed by atoms with Crippen molar-refractivity contribution in [3.63, 3.8) is 0 Å². The van der Waals surface area contributed by atoms with Crippen molar-refractivity contribution in [3.05, 3.63) is 0 Å². The van der Waals surface area contributed by atoms with Gasteiger partial charge < -0.3 is 10.1 Å². The fraction of sp³-hybridized carbons (Fsp3) is 1.00. The predicted octanol–water partition coefficient (Wildman–Crippen LogP) is 2.55. The highest BCUT2D eigenvalue weighted by atomic mass is 16.5. The first-order valence-corrected chi connectivity index (χ1v) is 8.97. The average Bonchev–Trinajstić information content (AvgIpc) is 3.24. The van der Waals surface area contributed by atoms with Gasteiger partial charge in [0.05, 0.1) is 6.10 Å². The molecule has 114 valence electrons. The van der Waals surface area contributed by atoms with Crippen LogP contribution in [0.4, 0.5) is 0 Å². The molecule has 0 aromatic rings. The van der Waals surface area contributed by atoms with Gasteiger partial charge in [-0.15, -0.1) is 0 Å². The van der Waals surface area contributed by atoms with Gasteiger partial charge in [-0.05, 0) is 57.5 Å². The number of hydrogen-bond acceptors (Lipinski definition) is 3. The molecule has 2 saturated carbocycles. The molecule has 2 heterocycles. The van der Waals surface area contributed by atoms with Crippen LogP contribution in [-0.2, 0) is 4.74 Å². The number of ether oxygens (including phenoxy) is 1. The molecule has 2 aliphatic carbocycles. The van der Waals surface area contributed by atoms with Crippen molar-refractivity contribution < 1.29 is 4.74 Å². The van der Waals surface area contributed by atoms with E-state index in [0.717, 1.165) is 18.6 Å². The van der Waals surface area contributed by atoms with Crippen LogP contribution in [0, 0.1) is 5.92 Å². The van der Waals surface area contributed by atoms with Crippen LogP contribution in [0.1, 0.15) is 57.8 Å². The summed E-state index contributed by atoms with van der Waals surface area (Å²) in [5.74, 6) is 0.890. The van der Waals surface area contributed by atoms with E-state index in [1.165, 1.54) is 77.4 Å². The molecule has 2 saturated heterocycles. The van der Waals surface area contributed by atoms with Crippen LogP contribution in [0.25, 0.3) is 0 Å². The highest BCUT2D eigenvalue weighted by molar-refractivity contribution is 5.00. The van der Waals surface area contributed by atoms with Crippen molar-refractivity contribution in [2.24, 2.45) is 5.92 Å². The molecule has 0 aromatic carbocycles. The minimum absolute atomic E-state index is 0.436. The topological polar surface area (TPSA) is 24.5 Å². The minimum Gasteiger partial charge on any atom is -0.376 e. The summed E-state index contributed by atoms with van der Waals surface area (Å²) in [7, 11) is 0. The first-order valence-electron chi connectivity index (χ1n) is 8.97. The Labute approximate surface area is 123 Å². The van der Waals surface area contributed by atoms with Crippen LogP contribution >= 0.6 is 0 Å². The molecule has 20 heavy (non-hydrogen) atoms. The Hall–Kier alpha value is -0.120. The summed E-state index contributed by atoms with van der Waals surface area (Å²) >= 11 is 0. The van der Waals surface area contributed by atoms with Crippen LogP contribution in [0.5, 0.6) is 0 Å². The summed E-state index contributed by atoms with van der Waals surface area (Å²) in [4.78, 5) is 2.82. The lowest BCUT2D eigenvalue weighted by atomic mass is 9.81. The first kappa shape index (κ1) is 13.5. The Bertz CT molecular complexity index is 336. The second-order valence-electron chi connectivity index (χ2n) is 7.62. The SMILES string of the molecule is C1CCC2(CC1)CN(C1CCOC1C1CC1)CCCN2. The molecule has 1 N–H and O–H groups in total. The second-order valence-corrected chi connectivity index (χ2v) is 7.62. The number of nitrogens with zero attached hydrogens (tertiary/aromatic N) is 1. The number of nitrogens with one attached hydrogen (secondary N) is 1. The van der Waals surface area contributed by atoms with E-state index in [4.69, 9.17) is 4.74 Å². The summed E-state index contributed by atoms with van der Waals surface area (Å²) < 4.78 is 6.10. The summed E-state index contributed by atoms with van der Waals surface area (Å²) in [5.41, 5.74) is 0.436. The average molecular weight is 278 g/mol. The van der Waals surface area contributed by atoms with Crippen molar-refractivity contribution in [2.75, 3.05) is 26.2 Å². The summed E-state index contributed by atoms with van der Waals surface area (Å²) in [5, 5.41) is 3.93. The van der Waals surface area contributed by atoms with Crippen LogP contribution in [0.3, 0.4) is 0 Å². The van der Waals surface area contributed by atoms with Crippen LogP contribution in [0.15, 0.2) is 0 Å². The summed E-state index contributed by atoms with van der Waals surface area (Å²) in [6.45, 7) is 4.79. The molecule has 3 heteroatoms. The maximum absolute atomic E-state index is 6.10. The lowest BCUT2D eigenvalue weighted by molar-refractivity contribution is 0.0355. The van der Waals surface area contributed by atoms with Crippen molar-refractivity contribution in [1.29, 1.82) is 0 Å². The molecule has 4 aliphatic rings. The Balaban J connectivity index is 1.48. The van der Waals surface area contributed by atoms with Crippen LogP contribution < -0.4 is 5.32 Å². The Kier molecular flexibility index (Phi) is 3.78. The van der Waals surface area contributed by atoms with Gasteiger partial charge in [-0.3, -0.25) is 4.90 Å². The van der Waals surface area contributed by atoms with Gasteiger partial charge in [0.1, 0.15) is 0 Å². The van der Waals surface area contributed by atoms with E-state index >= 15 is 0 Å². The third-order valence-electron chi connectivity index (χ3n) is 6.10. The number of hydrogen-bond donors (Lipinski definition) is 1. The Morgan fingerprint density at radius 2 is 1.85 bits per heavy atom. The predicted molar refractivity (Wildman–Crippen MR) is 80.9 cm³/mol. The van der Waals surface area contributed by atoms with Gasteiger partial charge in [-0.2, -0.15) is 0 Å². The van der Waals surface area contributed by atoms with Crippen molar-refractivity contribution in [1.82, 2.24) is 10.2 Å². The highest BCUT2D eigenvalue weighted by Crippen LogP contribution is 2.41. The molecule has 0 aromatic heterocycles. The van der Waals surface area contributed by atoms with E-state index in [2.05, 4.69) is 10.2 Å². The lowest BCUT2D eigenvalue weighted by Gasteiger charge is -2.42. The smallest absolute Gasteiger partial charge is 0.0759 e. The molecule has 0 amide bonds. The van der Waals surface area contributed by atoms with Gasteiger partial charge in [0.2, 0.25) is 0 Å². The van der Waals surface area contributed by atoms with E-state index < -0.39 is 0 Å². The zero-order chi connectivity index (χ0) is 13.4. The third-order valence-corrected chi connectivity index (χ3v) is 6.10. The van der Waals surface area contributed by atoms with Gasteiger partial charge in [0.15, 0.2) is 0 Å². The summed E-state index contributed by atoms with van der Waals surface area (Å²) in [6, 6.07) is 0.723. The van der Waals surface area contributed by atoms with Gasteiger partial charge in [-0.25, -0.2) is 0 Å². The molecule has 2 aliphatic heterocycles. The highest BCUT2D eigenvalue weighted by Gasteiger charge is 2.45. The van der Waals surface area contributed by atoms with Crippen molar-refractivity contribution in [2.45, 2.75) is 75.5 Å². The van der Waals surface area contributed by atoms with Gasteiger partial charge in [-0.1, -0.05) is 19.3 Å². The molecule has 4 rings (SSSR count). The zero-order valence-corrected chi connectivity index (χ0v) is 12.8. The van der Waals surface area contributed by atoms with E-state index in [1.54, 1.807) is 0 Å². The quantitative estimate of drug-likeness (QED) is 0.840. The molecule has 2 atom stereocenters. The maximum Gasteiger partial charge on any atom is 0.0759 e. The van der Waals surface area contributed by atoms with E-state index in [0.29, 0.717) is 11.6 Å². The fourth-order valence-corrected chi connectivity index (χ4v) is 4.87. The molecule has 1 spiro atoms. The van der Waals surface area contributed by atoms with Crippen molar-refractivity contribution >= 4 is 0 Å². The lowest BCUT2D eigenvalue weighted by Crippen LogP contribution is -2.55. The fourth-order valence-electron chi connectivity index (χ4n) is 4.87. The standard InChI is InChI=1S/C17H30N2O/c1-2-8-17(9-3-1)13-19(11-4-10-18-17)15-7-12-20-16(15)14-5-6-14/h14-16,18H,1-13H2. The first-order chi connectivity index (χ1) is 9.86. The van der Waals surface area contributed by atoms with Crippen LogP contribution in [0.2, 0.25) is 0 Å². The van der Waals surface area contributed by atoms with E-state index in [1.807, 2.05) is 0 Å². The molecule has 3 nitrogen and oxygen atoms in total. The third kappa shape index (κ3) is 2.65. The molecule has 0 bridgehead atoms. The monoisotopic (exact) mass is 278 g/mol. The Morgan fingerprint density at radius 1 is 1.00 bits per heavy atom.